The van der Waals surface area contributed by atoms with Gasteiger partial charge in [0.1, 0.15) is 0 Å². The molecule has 1 fully saturated rings. The van der Waals surface area contributed by atoms with E-state index < -0.39 is 0 Å². The molecule has 4 rings (SSSR count). The molecule has 6 nitrogen and oxygen atoms in total. The molecule has 0 radical (unpaired) electrons. The Bertz CT molecular complexity index is 844. The number of anilines is 1. The highest BCUT2D eigenvalue weighted by Gasteiger charge is 2.17. The van der Waals surface area contributed by atoms with Crippen LogP contribution in [0.1, 0.15) is 17.5 Å². The lowest BCUT2D eigenvalue weighted by Gasteiger charge is -2.21. The fraction of sp³-hybridized carbons (Fsp3) is 0.350. The smallest absolute Gasteiger partial charge is 0.225 e. The Labute approximate surface area is 154 Å². The van der Waals surface area contributed by atoms with Gasteiger partial charge in [-0.3, -0.25) is 4.90 Å². The van der Waals surface area contributed by atoms with Gasteiger partial charge in [-0.05, 0) is 31.0 Å². The van der Waals surface area contributed by atoms with E-state index in [1.165, 1.54) is 11.1 Å². The van der Waals surface area contributed by atoms with Crippen LogP contribution in [0.2, 0.25) is 0 Å². The molecule has 0 saturated carbocycles. The summed E-state index contributed by atoms with van der Waals surface area (Å²) in [5, 5.41) is 4.56. The maximum Gasteiger partial charge on any atom is 0.225 e. The van der Waals surface area contributed by atoms with Crippen molar-refractivity contribution in [2.75, 3.05) is 31.1 Å². The molecule has 1 aliphatic heterocycles. The first-order valence-corrected chi connectivity index (χ1v) is 9.13. The molecule has 1 aliphatic rings. The molecule has 0 N–H and O–H groups in total. The fourth-order valence-corrected chi connectivity index (χ4v) is 3.44. The van der Waals surface area contributed by atoms with Crippen molar-refractivity contribution < 1.29 is 0 Å². The summed E-state index contributed by atoms with van der Waals surface area (Å²) in [5.74, 6) is 0.835. The maximum absolute atomic E-state index is 4.56. The highest BCUT2D eigenvalue weighted by molar-refractivity contribution is 5.39. The molecule has 134 valence electrons. The Balaban J connectivity index is 1.40. The second kappa shape index (κ2) is 7.66. The van der Waals surface area contributed by atoms with Crippen LogP contribution in [0.5, 0.6) is 0 Å². The largest absolute Gasteiger partial charge is 0.339 e. The molecular weight excluding hydrogens is 324 g/mol. The molecule has 3 aromatic rings. The van der Waals surface area contributed by atoms with Gasteiger partial charge in [0.2, 0.25) is 5.95 Å². The Kier molecular flexibility index (Phi) is 4.93. The summed E-state index contributed by atoms with van der Waals surface area (Å²) in [4.78, 5) is 13.5. The van der Waals surface area contributed by atoms with Crippen LogP contribution in [0.4, 0.5) is 5.95 Å². The van der Waals surface area contributed by atoms with Crippen LogP contribution in [0, 0.1) is 6.92 Å². The summed E-state index contributed by atoms with van der Waals surface area (Å²) >= 11 is 0. The Hall–Kier alpha value is -2.73. The number of aryl methyl sites for hydroxylation is 1. The van der Waals surface area contributed by atoms with Crippen molar-refractivity contribution in [2.24, 2.45) is 0 Å². The summed E-state index contributed by atoms with van der Waals surface area (Å²) < 4.78 is 1.98. The monoisotopic (exact) mass is 348 g/mol. The number of hydrogen-bond acceptors (Lipinski definition) is 5. The van der Waals surface area contributed by atoms with Gasteiger partial charge in [-0.1, -0.05) is 18.2 Å². The van der Waals surface area contributed by atoms with Gasteiger partial charge in [0.05, 0.1) is 11.9 Å². The van der Waals surface area contributed by atoms with E-state index >= 15 is 0 Å². The molecule has 1 saturated heterocycles. The molecule has 26 heavy (non-hydrogen) atoms. The zero-order valence-corrected chi connectivity index (χ0v) is 15.1. The van der Waals surface area contributed by atoms with Gasteiger partial charge in [-0.15, -0.1) is 0 Å². The minimum absolute atomic E-state index is 0.835. The molecule has 0 aliphatic carbocycles. The molecule has 0 amide bonds. The van der Waals surface area contributed by atoms with Crippen molar-refractivity contribution in [3.05, 3.63) is 66.2 Å². The Morgan fingerprint density at radius 3 is 2.65 bits per heavy atom. The van der Waals surface area contributed by atoms with E-state index in [0.29, 0.717) is 0 Å². The van der Waals surface area contributed by atoms with Crippen LogP contribution in [-0.2, 0) is 6.54 Å². The average molecular weight is 348 g/mol. The van der Waals surface area contributed by atoms with Gasteiger partial charge < -0.3 is 4.90 Å². The standard InChI is InChI=1S/C20H24N6/c1-17-6-2-3-7-19(17)26-16-18(14-23-26)15-24-10-5-11-25(13-12-24)20-21-8-4-9-22-20/h2-4,6-9,14,16H,5,10-13,15H2,1H3. The molecule has 0 spiro atoms. The summed E-state index contributed by atoms with van der Waals surface area (Å²) in [6.07, 6.45) is 8.86. The summed E-state index contributed by atoms with van der Waals surface area (Å²) in [6, 6.07) is 10.2. The lowest BCUT2D eigenvalue weighted by Crippen LogP contribution is -2.31. The molecule has 0 atom stereocenters. The first kappa shape index (κ1) is 16.7. The van der Waals surface area contributed by atoms with E-state index in [9.17, 15) is 0 Å². The predicted molar refractivity (Wildman–Crippen MR) is 102 cm³/mol. The minimum atomic E-state index is 0.835. The average Bonchev–Trinajstić information content (AvgIpc) is 3.00. The van der Waals surface area contributed by atoms with Crippen LogP contribution in [0.15, 0.2) is 55.1 Å². The second-order valence-corrected chi connectivity index (χ2v) is 6.75. The molecule has 0 bridgehead atoms. The predicted octanol–water partition coefficient (Wildman–Crippen LogP) is 2.68. The highest BCUT2D eigenvalue weighted by atomic mass is 15.3. The molecule has 3 heterocycles. The first-order valence-electron chi connectivity index (χ1n) is 9.13. The summed E-state index contributed by atoms with van der Waals surface area (Å²) in [6.45, 7) is 7.09. The number of hydrogen-bond donors (Lipinski definition) is 0. The third-order valence-corrected chi connectivity index (χ3v) is 4.83. The molecule has 2 aromatic heterocycles. The van der Waals surface area contributed by atoms with Gasteiger partial charge >= 0.3 is 0 Å². The van der Waals surface area contributed by atoms with Crippen molar-refractivity contribution in [2.45, 2.75) is 19.9 Å². The van der Waals surface area contributed by atoms with Crippen molar-refractivity contribution in [3.8, 4) is 5.69 Å². The molecule has 0 unspecified atom stereocenters. The third-order valence-electron chi connectivity index (χ3n) is 4.83. The zero-order chi connectivity index (χ0) is 17.8. The van der Waals surface area contributed by atoms with Crippen molar-refractivity contribution >= 4 is 5.95 Å². The number of benzene rings is 1. The van der Waals surface area contributed by atoms with Gasteiger partial charge in [0.15, 0.2) is 0 Å². The Morgan fingerprint density at radius 1 is 0.962 bits per heavy atom. The first-order chi connectivity index (χ1) is 12.8. The maximum atomic E-state index is 4.56. The van der Waals surface area contributed by atoms with Crippen molar-refractivity contribution in [3.63, 3.8) is 0 Å². The number of nitrogens with zero attached hydrogens (tertiary/aromatic N) is 6. The summed E-state index contributed by atoms with van der Waals surface area (Å²) in [7, 11) is 0. The van der Waals surface area contributed by atoms with E-state index in [0.717, 1.165) is 50.8 Å². The van der Waals surface area contributed by atoms with Crippen molar-refractivity contribution in [1.29, 1.82) is 0 Å². The number of para-hydroxylation sites is 1. The lowest BCUT2D eigenvalue weighted by molar-refractivity contribution is 0.285. The van der Waals surface area contributed by atoms with Crippen LogP contribution in [0.3, 0.4) is 0 Å². The second-order valence-electron chi connectivity index (χ2n) is 6.75. The van der Waals surface area contributed by atoms with Crippen molar-refractivity contribution in [1.82, 2.24) is 24.6 Å². The molecule has 6 heteroatoms. The van der Waals surface area contributed by atoms with E-state index in [1.807, 2.05) is 29.3 Å². The number of aromatic nitrogens is 4. The topological polar surface area (TPSA) is 50.1 Å². The molecule has 1 aromatic carbocycles. The molecular formula is C20H24N6. The van der Waals surface area contributed by atoms with Gasteiger partial charge in [-0.2, -0.15) is 5.10 Å². The van der Waals surface area contributed by atoms with E-state index in [-0.39, 0.29) is 0 Å². The van der Waals surface area contributed by atoms with Gasteiger partial charge in [0.25, 0.3) is 0 Å². The SMILES string of the molecule is Cc1ccccc1-n1cc(CN2CCCN(c3ncccn3)CC2)cn1. The quantitative estimate of drug-likeness (QED) is 0.725. The third kappa shape index (κ3) is 3.75. The van der Waals surface area contributed by atoms with E-state index in [4.69, 9.17) is 0 Å². The van der Waals surface area contributed by atoms with E-state index in [2.05, 4.69) is 62.3 Å². The van der Waals surface area contributed by atoms with Crippen LogP contribution in [0.25, 0.3) is 5.69 Å². The van der Waals surface area contributed by atoms with Gasteiger partial charge in [-0.25, -0.2) is 14.6 Å². The lowest BCUT2D eigenvalue weighted by atomic mass is 10.2. The normalized spacial score (nSPS) is 15.8. The van der Waals surface area contributed by atoms with Gasteiger partial charge in [0, 0.05) is 56.9 Å². The zero-order valence-electron chi connectivity index (χ0n) is 15.1. The highest BCUT2D eigenvalue weighted by Crippen LogP contribution is 2.16. The number of rotatable bonds is 4. The minimum Gasteiger partial charge on any atom is -0.339 e. The van der Waals surface area contributed by atoms with Crippen LogP contribution in [-0.4, -0.2) is 50.8 Å². The fourth-order valence-electron chi connectivity index (χ4n) is 3.44. The Morgan fingerprint density at radius 2 is 1.81 bits per heavy atom. The van der Waals surface area contributed by atoms with Crippen LogP contribution >= 0.6 is 0 Å². The van der Waals surface area contributed by atoms with E-state index in [1.54, 1.807) is 0 Å². The van der Waals surface area contributed by atoms with Crippen LogP contribution < -0.4 is 4.90 Å². The summed E-state index contributed by atoms with van der Waals surface area (Å²) in [5.41, 5.74) is 3.62.